The van der Waals surface area contributed by atoms with Gasteiger partial charge in [-0.1, -0.05) is 33.1 Å². The standard InChI is InChI=1S/C22H26N2O3/c1-3-5-6-7-8-22(26)27-20-15-13-19(14-16-20)24-23-18-11-9-17(10-12-18)21(25)4-2/h9-16H,3-8H2,1-2H3. The van der Waals surface area contributed by atoms with Crippen molar-refractivity contribution in [3.05, 3.63) is 54.1 Å². The van der Waals surface area contributed by atoms with Crippen molar-refractivity contribution in [1.29, 1.82) is 0 Å². The Morgan fingerprint density at radius 2 is 1.41 bits per heavy atom. The van der Waals surface area contributed by atoms with E-state index in [-0.39, 0.29) is 11.8 Å². The maximum atomic E-state index is 11.8. The third kappa shape index (κ3) is 7.13. The molecule has 0 unspecified atom stereocenters. The van der Waals surface area contributed by atoms with E-state index in [4.69, 9.17) is 4.74 Å². The Balaban J connectivity index is 1.86. The van der Waals surface area contributed by atoms with E-state index in [0.717, 1.165) is 25.7 Å². The molecule has 0 aliphatic carbocycles. The summed E-state index contributed by atoms with van der Waals surface area (Å²) in [5.74, 6) is 0.410. The van der Waals surface area contributed by atoms with Gasteiger partial charge in [-0.3, -0.25) is 9.59 Å². The average molecular weight is 366 g/mol. The summed E-state index contributed by atoms with van der Waals surface area (Å²) in [6.07, 6.45) is 5.13. The van der Waals surface area contributed by atoms with Crippen molar-refractivity contribution >= 4 is 23.1 Å². The summed E-state index contributed by atoms with van der Waals surface area (Å²) >= 11 is 0. The van der Waals surface area contributed by atoms with Gasteiger partial charge in [-0.25, -0.2) is 0 Å². The van der Waals surface area contributed by atoms with Crippen molar-refractivity contribution < 1.29 is 14.3 Å². The van der Waals surface area contributed by atoms with Crippen LogP contribution in [0.4, 0.5) is 11.4 Å². The van der Waals surface area contributed by atoms with Crippen molar-refractivity contribution in [2.45, 2.75) is 52.4 Å². The van der Waals surface area contributed by atoms with Crippen LogP contribution >= 0.6 is 0 Å². The minimum absolute atomic E-state index is 0.106. The van der Waals surface area contributed by atoms with Crippen LogP contribution in [0.5, 0.6) is 5.75 Å². The maximum Gasteiger partial charge on any atom is 0.311 e. The van der Waals surface area contributed by atoms with Crippen molar-refractivity contribution in [2.24, 2.45) is 10.2 Å². The van der Waals surface area contributed by atoms with Crippen LogP contribution in [-0.4, -0.2) is 11.8 Å². The molecule has 0 heterocycles. The van der Waals surface area contributed by atoms with Crippen molar-refractivity contribution in [1.82, 2.24) is 0 Å². The Morgan fingerprint density at radius 3 is 1.96 bits per heavy atom. The van der Waals surface area contributed by atoms with E-state index >= 15 is 0 Å². The fraction of sp³-hybridized carbons (Fsp3) is 0.364. The zero-order valence-electron chi connectivity index (χ0n) is 16.0. The van der Waals surface area contributed by atoms with Crippen LogP contribution in [0.25, 0.3) is 0 Å². The molecule has 0 aliphatic rings. The number of ketones is 1. The molecule has 0 saturated heterocycles. The second-order valence-electron chi connectivity index (χ2n) is 6.30. The third-order valence-corrected chi connectivity index (χ3v) is 4.09. The number of hydrogen-bond acceptors (Lipinski definition) is 5. The lowest BCUT2D eigenvalue weighted by Gasteiger charge is -2.04. The number of rotatable bonds is 10. The van der Waals surface area contributed by atoms with Gasteiger partial charge in [0, 0.05) is 18.4 Å². The number of Topliss-reactive ketones (excluding diaryl/α,β-unsaturated/α-hetero) is 1. The molecule has 2 aromatic carbocycles. The first-order chi connectivity index (χ1) is 13.1. The highest BCUT2D eigenvalue weighted by molar-refractivity contribution is 5.96. The summed E-state index contributed by atoms with van der Waals surface area (Å²) in [7, 11) is 0. The second kappa shape index (κ2) is 11.0. The maximum absolute atomic E-state index is 11.8. The SMILES string of the molecule is CCCCCCC(=O)Oc1ccc(N=Nc2ccc(C(=O)CC)cc2)cc1. The average Bonchev–Trinajstić information content (AvgIpc) is 2.70. The molecule has 0 radical (unpaired) electrons. The minimum atomic E-state index is -0.206. The molecule has 0 fully saturated rings. The van der Waals surface area contributed by atoms with Crippen LogP contribution in [0, 0.1) is 0 Å². The van der Waals surface area contributed by atoms with Crippen LogP contribution < -0.4 is 4.74 Å². The number of nitrogens with zero attached hydrogens (tertiary/aromatic N) is 2. The molecule has 142 valence electrons. The Labute approximate surface area is 160 Å². The van der Waals surface area contributed by atoms with Gasteiger partial charge in [0.25, 0.3) is 0 Å². The Kier molecular flexibility index (Phi) is 8.36. The van der Waals surface area contributed by atoms with Gasteiger partial charge in [-0.05, 0) is 55.0 Å². The van der Waals surface area contributed by atoms with Crippen LogP contribution in [0.3, 0.4) is 0 Å². The predicted molar refractivity (Wildman–Crippen MR) is 106 cm³/mol. The van der Waals surface area contributed by atoms with E-state index in [1.165, 1.54) is 0 Å². The summed E-state index contributed by atoms with van der Waals surface area (Å²) in [4.78, 5) is 23.4. The number of unbranched alkanes of at least 4 members (excludes halogenated alkanes) is 3. The Morgan fingerprint density at radius 1 is 0.815 bits per heavy atom. The van der Waals surface area contributed by atoms with Crippen LogP contribution in [0.1, 0.15) is 62.7 Å². The van der Waals surface area contributed by atoms with Crippen LogP contribution in [0.2, 0.25) is 0 Å². The Bertz CT molecular complexity index is 765. The molecule has 0 bridgehead atoms. The third-order valence-electron chi connectivity index (χ3n) is 4.09. The topological polar surface area (TPSA) is 68.1 Å². The zero-order chi connectivity index (χ0) is 19.5. The van der Waals surface area contributed by atoms with Gasteiger partial charge >= 0.3 is 5.97 Å². The molecule has 5 nitrogen and oxygen atoms in total. The summed E-state index contributed by atoms with van der Waals surface area (Å²) < 4.78 is 5.32. The Hall–Kier alpha value is -2.82. The first kappa shape index (κ1) is 20.5. The number of carbonyl (C=O) groups excluding carboxylic acids is 2. The van der Waals surface area contributed by atoms with Gasteiger partial charge in [0.05, 0.1) is 11.4 Å². The van der Waals surface area contributed by atoms with Crippen LogP contribution in [0.15, 0.2) is 58.8 Å². The molecular weight excluding hydrogens is 340 g/mol. The number of esters is 1. The highest BCUT2D eigenvalue weighted by Gasteiger charge is 2.05. The molecule has 0 N–H and O–H groups in total. The molecule has 2 aromatic rings. The number of azo groups is 1. The highest BCUT2D eigenvalue weighted by Crippen LogP contribution is 2.22. The van der Waals surface area contributed by atoms with E-state index in [2.05, 4.69) is 17.2 Å². The lowest BCUT2D eigenvalue weighted by Crippen LogP contribution is -2.07. The molecule has 0 atom stereocenters. The van der Waals surface area contributed by atoms with E-state index in [0.29, 0.717) is 35.5 Å². The quantitative estimate of drug-likeness (QED) is 0.157. The lowest BCUT2D eigenvalue weighted by atomic mass is 10.1. The second-order valence-corrected chi connectivity index (χ2v) is 6.30. The smallest absolute Gasteiger partial charge is 0.311 e. The molecule has 0 aromatic heterocycles. The van der Waals surface area contributed by atoms with Gasteiger partial charge in [-0.2, -0.15) is 10.2 Å². The number of benzene rings is 2. The normalized spacial score (nSPS) is 10.9. The van der Waals surface area contributed by atoms with Gasteiger partial charge in [0.1, 0.15) is 5.75 Å². The molecule has 2 rings (SSSR count). The molecule has 0 aliphatic heterocycles. The number of hydrogen-bond donors (Lipinski definition) is 0. The number of ether oxygens (including phenoxy) is 1. The van der Waals surface area contributed by atoms with E-state index in [1.54, 1.807) is 48.5 Å². The molecule has 0 amide bonds. The van der Waals surface area contributed by atoms with E-state index < -0.39 is 0 Å². The fourth-order valence-electron chi connectivity index (χ4n) is 2.49. The first-order valence-corrected chi connectivity index (χ1v) is 9.48. The van der Waals surface area contributed by atoms with Gasteiger partial charge in [0.2, 0.25) is 0 Å². The van der Waals surface area contributed by atoms with Gasteiger partial charge in [0.15, 0.2) is 5.78 Å². The molecule has 5 heteroatoms. The fourth-order valence-corrected chi connectivity index (χ4v) is 2.49. The first-order valence-electron chi connectivity index (χ1n) is 9.48. The summed E-state index contributed by atoms with van der Waals surface area (Å²) in [5.41, 5.74) is 2.01. The zero-order valence-corrected chi connectivity index (χ0v) is 16.0. The molecular formula is C22H26N2O3. The van der Waals surface area contributed by atoms with E-state index in [9.17, 15) is 9.59 Å². The summed E-state index contributed by atoms with van der Waals surface area (Å²) in [5, 5.41) is 8.32. The summed E-state index contributed by atoms with van der Waals surface area (Å²) in [6, 6.07) is 14.0. The van der Waals surface area contributed by atoms with Gasteiger partial charge < -0.3 is 4.74 Å². The lowest BCUT2D eigenvalue weighted by molar-refractivity contribution is -0.134. The summed E-state index contributed by atoms with van der Waals surface area (Å²) in [6.45, 7) is 3.98. The van der Waals surface area contributed by atoms with Crippen molar-refractivity contribution in [3.63, 3.8) is 0 Å². The highest BCUT2D eigenvalue weighted by atomic mass is 16.5. The van der Waals surface area contributed by atoms with Crippen molar-refractivity contribution in [2.75, 3.05) is 0 Å². The molecule has 0 spiro atoms. The molecule has 0 saturated carbocycles. The minimum Gasteiger partial charge on any atom is -0.427 e. The monoisotopic (exact) mass is 366 g/mol. The predicted octanol–water partition coefficient (Wildman–Crippen LogP) is 6.57. The van der Waals surface area contributed by atoms with Gasteiger partial charge in [-0.15, -0.1) is 0 Å². The van der Waals surface area contributed by atoms with Crippen LogP contribution in [-0.2, 0) is 4.79 Å². The number of carbonyl (C=O) groups is 2. The van der Waals surface area contributed by atoms with E-state index in [1.807, 2.05) is 6.92 Å². The van der Waals surface area contributed by atoms with Crippen molar-refractivity contribution in [3.8, 4) is 5.75 Å². The molecule has 27 heavy (non-hydrogen) atoms. The largest absolute Gasteiger partial charge is 0.427 e.